The number of rotatable bonds is 5. The summed E-state index contributed by atoms with van der Waals surface area (Å²) in [4.78, 5) is 28.5. The number of ether oxygens (including phenoxy) is 1. The molecule has 0 radical (unpaired) electrons. The molecule has 0 bridgehead atoms. The lowest BCUT2D eigenvalue weighted by atomic mass is 9.84. The molecule has 3 aromatic carbocycles. The zero-order valence-corrected chi connectivity index (χ0v) is 21.8. The van der Waals surface area contributed by atoms with Crippen LogP contribution in [-0.2, 0) is 15.0 Å². The molecule has 5 nitrogen and oxygen atoms in total. The molecule has 1 unspecified atom stereocenters. The maximum Gasteiger partial charge on any atom is 0.300 e. The van der Waals surface area contributed by atoms with Gasteiger partial charge in [-0.15, -0.1) is 0 Å². The fourth-order valence-corrected chi connectivity index (χ4v) is 4.62. The van der Waals surface area contributed by atoms with Crippen LogP contribution in [0.4, 0.5) is 5.69 Å². The van der Waals surface area contributed by atoms with Crippen molar-refractivity contribution in [1.29, 1.82) is 0 Å². The highest BCUT2D eigenvalue weighted by Gasteiger charge is 2.47. The zero-order chi connectivity index (χ0) is 26.2. The fourth-order valence-electron chi connectivity index (χ4n) is 4.62. The summed E-state index contributed by atoms with van der Waals surface area (Å²) >= 11 is 0. The summed E-state index contributed by atoms with van der Waals surface area (Å²) in [5.74, 6) is -0.908. The second-order valence-corrected chi connectivity index (χ2v) is 10.3. The number of hydrogen-bond acceptors (Lipinski definition) is 4. The molecular formula is C31H33NO4. The Kier molecular flexibility index (Phi) is 6.77. The number of nitrogens with zero attached hydrogens (tertiary/aromatic N) is 1. The van der Waals surface area contributed by atoms with Crippen LogP contribution in [0.15, 0.2) is 72.3 Å². The summed E-state index contributed by atoms with van der Waals surface area (Å²) in [5, 5.41) is 11.7. The average molecular weight is 484 g/mol. The molecule has 1 atom stereocenters. The van der Waals surface area contributed by atoms with Gasteiger partial charge >= 0.3 is 0 Å². The Hall–Kier alpha value is -3.86. The molecule has 1 heterocycles. The summed E-state index contributed by atoms with van der Waals surface area (Å²) in [6.07, 6.45) is 0. The standard InChI is InChI=1S/C31H33NO4/c1-7-36-24-13-9-11-21(17-24)27-26(28(33)25-18-22(31(4,5)6)15-14-20(25)3)29(34)30(35)32(27)23-12-8-10-19(2)16-23/h8-18,27,33H,7H2,1-6H3/b28-26+. The number of aryl methyl sites for hydroxylation is 2. The third kappa shape index (κ3) is 4.66. The van der Waals surface area contributed by atoms with E-state index in [-0.39, 0.29) is 16.7 Å². The van der Waals surface area contributed by atoms with E-state index in [2.05, 4.69) is 20.8 Å². The van der Waals surface area contributed by atoms with Crippen molar-refractivity contribution in [3.63, 3.8) is 0 Å². The van der Waals surface area contributed by atoms with Crippen LogP contribution in [0, 0.1) is 13.8 Å². The van der Waals surface area contributed by atoms with Gasteiger partial charge in [0.1, 0.15) is 11.5 Å². The van der Waals surface area contributed by atoms with E-state index in [4.69, 9.17) is 4.74 Å². The van der Waals surface area contributed by atoms with Gasteiger partial charge in [0.2, 0.25) is 0 Å². The SMILES string of the molecule is CCOc1cccc(C2/C(=C(\O)c3cc(C(C)(C)C)ccc3C)C(=O)C(=O)N2c2cccc(C)c2)c1. The summed E-state index contributed by atoms with van der Waals surface area (Å²) in [5.41, 5.74) is 4.57. The number of Topliss-reactive ketones (excluding diaryl/α,β-unsaturated/α-hetero) is 1. The molecule has 0 saturated carbocycles. The Morgan fingerprint density at radius 2 is 1.69 bits per heavy atom. The lowest BCUT2D eigenvalue weighted by molar-refractivity contribution is -0.132. The highest BCUT2D eigenvalue weighted by molar-refractivity contribution is 6.51. The van der Waals surface area contributed by atoms with Crippen molar-refractivity contribution >= 4 is 23.1 Å². The van der Waals surface area contributed by atoms with Crippen molar-refractivity contribution in [3.8, 4) is 5.75 Å². The normalized spacial score (nSPS) is 17.5. The summed E-state index contributed by atoms with van der Waals surface area (Å²) in [6, 6.07) is 19.9. The van der Waals surface area contributed by atoms with Gasteiger partial charge in [0, 0.05) is 11.3 Å². The molecule has 1 saturated heterocycles. The lowest BCUT2D eigenvalue weighted by Gasteiger charge is -2.26. The molecule has 0 spiro atoms. The summed E-state index contributed by atoms with van der Waals surface area (Å²) in [7, 11) is 0. The number of hydrogen-bond donors (Lipinski definition) is 1. The fraction of sp³-hybridized carbons (Fsp3) is 0.290. The number of amides is 1. The van der Waals surface area contributed by atoms with Crippen molar-refractivity contribution in [2.45, 2.75) is 53.0 Å². The molecule has 186 valence electrons. The summed E-state index contributed by atoms with van der Waals surface area (Å²) < 4.78 is 5.71. The van der Waals surface area contributed by atoms with Gasteiger partial charge in [-0.05, 0) is 78.8 Å². The molecule has 0 aliphatic carbocycles. The molecule has 1 fully saturated rings. The molecule has 5 heteroatoms. The number of ketones is 1. The first-order valence-corrected chi connectivity index (χ1v) is 12.2. The molecule has 4 rings (SSSR count). The highest BCUT2D eigenvalue weighted by Crippen LogP contribution is 2.43. The van der Waals surface area contributed by atoms with Gasteiger partial charge in [-0.2, -0.15) is 0 Å². The van der Waals surface area contributed by atoms with Crippen LogP contribution in [0.3, 0.4) is 0 Å². The molecule has 0 aromatic heterocycles. The third-order valence-corrected chi connectivity index (χ3v) is 6.57. The Labute approximate surface area is 213 Å². The maximum atomic E-state index is 13.5. The first-order valence-electron chi connectivity index (χ1n) is 12.2. The van der Waals surface area contributed by atoms with E-state index in [9.17, 15) is 14.7 Å². The van der Waals surface area contributed by atoms with Crippen LogP contribution in [0.2, 0.25) is 0 Å². The van der Waals surface area contributed by atoms with Crippen molar-refractivity contribution in [2.24, 2.45) is 0 Å². The largest absolute Gasteiger partial charge is 0.507 e. The van der Waals surface area contributed by atoms with Gasteiger partial charge in [-0.25, -0.2) is 0 Å². The lowest BCUT2D eigenvalue weighted by Crippen LogP contribution is -2.29. The minimum absolute atomic E-state index is 0.0734. The van der Waals surface area contributed by atoms with E-state index in [1.807, 2.05) is 87.5 Å². The molecule has 36 heavy (non-hydrogen) atoms. The number of carbonyl (C=O) groups excluding carboxylic acids is 2. The predicted molar refractivity (Wildman–Crippen MR) is 143 cm³/mol. The number of carbonyl (C=O) groups is 2. The molecule has 1 N–H and O–H groups in total. The Morgan fingerprint density at radius 1 is 0.972 bits per heavy atom. The van der Waals surface area contributed by atoms with Gasteiger partial charge in [0.05, 0.1) is 18.2 Å². The van der Waals surface area contributed by atoms with Gasteiger partial charge in [0.15, 0.2) is 0 Å². The minimum atomic E-state index is -0.801. The molecule has 3 aromatic rings. The Bertz CT molecular complexity index is 1360. The van der Waals surface area contributed by atoms with Gasteiger partial charge in [0.25, 0.3) is 11.7 Å². The van der Waals surface area contributed by atoms with E-state index in [1.54, 1.807) is 0 Å². The average Bonchev–Trinajstić information content (AvgIpc) is 3.09. The molecular weight excluding hydrogens is 450 g/mol. The van der Waals surface area contributed by atoms with Crippen LogP contribution < -0.4 is 9.64 Å². The molecule has 1 aliphatic rings. The van der Waals surface area contributed by atoms with E-state index in [0.29, 0.717) is 29.2 Å². The number of aliphatic hydroxyl groups is 1. The topological polar surface area (TPSA) is 66.8 Å². The van der Waals surface area contributed by atoms with Crippen molar-refractivity contribution < 1.29 is 19.4 Å². The van der Waals surface area contributed by atoms with Gasteiger partial charge in [-0.1, -0.05) is 57.2 Å². The van der Waals surface area contributed by atoms with Crippen LogP contribution in [-0.4, -0.2) is 23.4 Å². The van der Waals surface area contributed by atoms with Crippen LogP contribution in [0.1, 0.15) is 61.6 Å². The quantitative estimate of drug-likeness (QED) is 0.251. The first-order chi connectivity index (χ1) is 17.0. The minimum Gasteiger partial charge on any atom is -0.507 e. The maximum absolute atomic E-state index is 13.5. The van der Waals surface area contributed by atoms with Crippen LogP contribution in [0.5, 0.6) is 5.75 Å². The highest BCUT2D eigenvalue weighted by atomic mass is 16.5. The van der Waals surface area contributed by atoms with Gasteiger partial charge in [-0.3, -0.25) is 14.5 Å². The second-order valence-electron chi connectivity index (χ2n) is 10.3. The number of benzene rings is 3. The smallest absolute Gasteiger partial charge is 0.300 e. The zero-order valence-electron chi connectivity index (χ0n) is 21.8. The number of anilines is 1. The van der Waals surface area contributed by atoms with Crippen molar-refractivity contribution in [1.82, 2.24) is 0 Å². The van der Waals surface area contributed by atoms with Crippen LogP contribution >= 0.6 is 0 Å². The van der Waals surface area contributed by atoms with Crippen molar-refractivity contribution in [2.75, 3.05) is 11.5 Å². The number of aliphatic hydroxyl groups excluding tert-OH is 1. The Balaban J connectivity index is 1.99. The third-order valence-electron chi connectivity index (χ3n) is 6.57. The van der Waals surface area contributed by atoms with E-state index in [0.717, 1.165) is 16.7 Å². The monoisotopic (exact) mass is 483 g/mol. The van der Waals surface area contributed by atoms with Gasteiger partial charge < -0.3 is 9.84 Å². The second kappa shape index (κ2) is 9.65. The molecule has 1 amide bonds. The van der Waals surface area contributed by atoms with E-state index in [1.165, 1.54) is 4.90 Å². The van der Waals surface area contributed by atoms with E-state index < -0.39 is 17.7 Å². The first kappa shape index (κ1) is 25.2. The molecule has 1 aliphatic heterocycles. The van der Waals surface area contributed by atoms with Crippen LogP contribution in [0.25, 0.3) is 5.76 Å². The van der Waals surface area contributed by atoms with Crippen molar-refractivity contribution in [3.05, 3.63) is 100 Å². The predicted octanol–water partition coefficient (Wildman–Crippen LogP) is 6.63. The Morgan fingerprint density at radius 3 is 2.36 bits per heavy atom. The summed E-state index contributed by atoms with van der Waals surface area (Å²) in [6.45, 7) is 12.5. The van der Waals surface area contributed by atoms with E-state index >= 15 is 0 Å².